The van der Waals surface area contributed by atoms with E-state index in [1.807, 2.05) is 0 Å². The SMILES string of the molecule is NC1CCCCC1N1C(=O)CSCC1=O. The lowest BCUT2D eigenvalue weighted by Gasteiger charge is -2.38. The number of thioether (sulfide) groups is 1. The van der Waals surface area contributed by atoms with Crippen LogP contribution in [-0.2, 0) is 9.59 Å². The molecule has 1 saturated heterocycles. The zero-order chi connectivity index (χ0) is 10.8. The van der Waals surface area contributed by atoms with E-state index in [4.69, 9.17) is 5.73 Å². The number of hydrogen-bond acceptors (Lipinski definition) is 4. The third kappa shape index (κ3) is 2.18. The Kier molecular flexibility index (Phi) is 3.31. The highest BCUT2D eigenvalue weighted by molar-refractivity contribution is 8.00. The Morgan fingerprint density at radius 3 is 2.33 bits per heavy atom. The zero-order valence-corrected chi connectivity index (χ0v) is 9.46. The normalized spacial score (nSPS) is 33.3. The summed E-state index contributed by atoms with van der Waals surface area (Å²) in [5.41, 5.74) is 5.98. The maximum atomic E-state index is 11.7. The Labute approximate surface area is 93.6 Å². The highest BCUT2D eigenvalue weighted by Gasteiger charge is 2.36. The third-order valence-electron chi connectivity index (χ3n) is 3.10. The maximum Gasteiger partial charge on any atom is 0.239 e. The number of amides is 2. The number of nitrogens with zero attached hydrogens (tertiary/aromatic N) is 1. The molecule has 15 heavy (non-hydrogen) atoms. The number of carbonyl (C=O) groups is 2. The molecule has 2 atom stereocenters. The summed E-state index contributed by atoms with van der Waals surface area (Å²) in [5.74, 6) is 0.737. The number of imide groups is 1. The van der Waals surface area contributed by atoms with E-state index in [-0.39, 0.29) is 23.9 Å². The fourth-order valence-corrected chi connectivity index (χ4v) is 3.06. The first kappa shape index (κ1) is 11.0. The summed E-state index contributed by atoms with van der Waals surface area (Å²) in [6.07, 6.45) is 3.99. The van der Waals surface area contributed by atoms with Gasteiger partial charge in [-0.15, -0.1) is 11.8 Å². The fraction of sp³-hybridized carbons (Fsp3) is 0.800. The number of carbonyl (C=O) groups excluding carboxylic acids is 2. The Morgan fingerprint density at radius 1 is 1.13 bits per heavy atom. The summed E-state index contributed by atoms with van der Waals surface area (Å²) in [6.45, 7) is 0. The van der Waals surface area contributed by atoms with Crippen LogP contribution in [0.1, 0.15) is 25.7 Å². The average Bonchev–Trinajstić information content (AvgIpc) is 2.20. The molecule has 84 valence electrons. The molecule has 1 saturated carbocycles. The maximum absolute atomic E-state index is 11.7. The second kappa shape index (κ2) is 4.53. The Morgan fingerprint density at radius 2 is 1.73 bits per heavy atom. The summed E-state index contributed by atoms with van der Waals surface area (Å²) >= 11 is 1.40. The van der Waals surface area contributed by atoms with E-state index in [1.165, 1.54) is 16.7 Å². The molecule has 0 aromatic heterocycles. The van der Waals surface area contributed by atoms with Crippen molar-refractivity contribution in [2.24, 2.45) is 5.73 Å². The monoisotopic (exact) mass is 228 g/mol. The van der Waals surface area contributed by atoms with Crippen molar-refractivity contribution in [3.8, 4) is 0 Å². The molecule has 1 aliphatic carbocycles. The van der Waals surface area contributed by atoms with E-state index in [1.54, 1.807) is 0 Å². The quantitative estimate of drug-likeness (QED) is 0.658. The van der Waals surface area contributed by atoms with Crippen LogP contribution in [0.25, 0.3) is 0 Å². The lowest BCUT2D eigenvalue weighted by atomic mass is 9.89. The van der Waals surface area contributed by atoms with Crippen molar-refractivity contribution in [1.29, 1.82) is 0 Å². The molecule has 0 aromatic carbocycles. The standard InChI is InChI=1S/C10H16N2O2S/c11-7-3-1-2-4-8(7)12-9(13)5-15-6-10(12)14/h7-8H,1-6,11H2. The molecule has 4 nitrogen and oxygen atoms in total. The summed E-state index contributed by atoms with van der Waals surface area (Å²) in [4.78, 5) is 24.8. The van der Waals surface area contributed by atoms with Crippen molar-refractivity contribution in [1.82, 2.24) is 4.90 Å². The van der Waals surface area contributed by atoms with Crippen LogP contribution in [0.3, 0.4) is 0 Å². The van der Waals surface area contributed by atoms with E-state index >= 15 is 0 Å². The number of hydrogen-bond donors (Lipinski definition) is 1. The molecule has 1 aliphatic heterocycles. The molecule has 2 N–H and O–H groups in total. The summed E-state index contributed by atoms with van der Waals surface area (Å²) in [6, 6.07) is -0.0607. The van der Waals surface area contributed by atoms with Crippen LogP contribution in [0, 0.1) is 0 Å². The Bertz CT molecular complexity index is 267. The first-order chi connectivity index (χ1) is 7.20. The van der Waals surface area contributed by atoms with Crippen molar-refractivity contribution in [2.75, 3.05) is 11.5 Å². The molecule has 2 amide bonds. The first-order valence-electron chi connectivity index (χ1n) is 5.38. The molecule has 2 unspecified atom stereocenters. The van der Waals surface area contributed by atoms with Crippen LogP contribution in [-0.4, -0.2) is 40.3 Å². The average molecular weight is 228 g/mol. The van der Waals surface area contributed by atoms with Gasteiger partial charge in [-0.2, -0.15) is 0 Å². The Hall–Kier alpha value is -0.550. The van der Waals surface area contributed by atoms with Crippen molar-refractivity contribution < 1.29 is 9.59 Å². The summed E-state index contributed by atoms with van der Waals surface area (Å²) < 4.78 is 0. The number of rotatable bonds is 1. The minimum atomic E-state index is -0.0569. The zero-order valence-electron chi connectivity index (χ0n) is 8.65. The highest BCUT2D eigenvalue weighted by Crippen LogP contribution is 2.25. The van der Waals surface area contributed by atoms with Gasteiger partial charge in [0.05, 0.1) is 17.5 Å². The van der Waals surface area contributed by atoms with E-state index in [2.05, 4.69) is 0 Å². The van der Waals surface area contributed by atoms with E-state index < -0.39 is 0 Å². The van der Waals surface area contributed by atoms with E-state index in [0.717, 1.165) is 25.7 Å². The predicted octanol–water partition coefficient (Wildman–Crippen LogP) is 0.358. The molecular formula is C10H16N2O2S. The van der Waals surface area contributed by atoms with Crippen molar-refractivity contribution >= 4 is 23.6 Å². The van der Waals surface area contributed by atoms with Crippen LogP contribution >= 0.6 is 11.8 Å². The minimum absolute atomic E-state index is 0.0188. The van der Waals surface area contributed by atoms with Gasteiger partial charge in [0.25, 0.3) is 0 Å². The second-order valence-electron chi connectivity index (χ2n) is 4.17. The van der Waals surface area contributed by atoms with Crippen LogP contribution in [0.5, 0.6) is 0 Å². The fourth-order valence-electron chi connectivity index (χ4n) is 2.33. The number of nitrogens with two attached hydrogens (primary N) is 1. The molecule has 0 aromatic rings. The highest BCUT2D eigenvalue weighted by atomic mass is 32.2. The summed E-state index contributed by atoms with van der Waals surface area (Å²) in [7, 11) is 0. The first-order valence-corrected chi connectivity index (χ1v) is 6.54. The van der Waals surface area contributed by atoms with Gasteiger partial charge < -0.3 is 5.73 Å². The molecule has 5 heteroatoms. The molecule has 0 spiro atoms. The van der Waals surface area contributed by atoms with E-state index in [9.17, 15) is 9.59 Å². The largest absolute Gasteiger partial charge is 0.326 e. The molecule has 2 fully saturated rings. The van der Waals surface area contributed by atoms with E-state index in [0.29, 0.717) is 11.5 Å². The van der Waals surface area contributed by atoms with Gasteiger partial charge >= 0.3 is 0 Å². The van der Waals surface area contributed by atoms with Crippen LogP contribution in [0.4, 0.5) is 0 Å². The van der Waals surface area contributed by atoms with Crippen LogP contribution in [0.2, 0.25) is 0 Å². The van der Waals surface area contributed by atoms with Crippen LogP contribution < -0.4 is 5.73 Å². The smallest absolute Gasteiger partial charge is 0.239 e. The van der Waals surface area contributed by atoms with Crippen molar-refractivity contribution in [2.45, 2.75) is 37.8 Å². The van der Waals surface area contributed by atoms with Gasteiger partial charge in [-0.25, -0.2) is 0 Å². The lowest BCUT2D eigenvalue weighted by molar-refractivity contribution is -0.146. The van der Waals surface area contributed by atoms with Gasteiger partial charge in [0.15, 0.2) is 0 Å². The minimum Gasteiger partial charge on any atom is -0.326 e. The lowest BCUT2D eigenvalue weighted by Crippen LogP contribution is -2.56. The summed E-state index contributed by atoms with van der Waals surface area (Å²) in [5, 5.41) is 0. The van der Waals surface area contributed by atoms with Gasteiger partial charge in [-0.05, 0) is 12.8 Å². The molecule has 0 bridgehead atoms. The van der Waals surface area contributed by atoms with Gasteiger partial charge in [0, 0.05) is 6.04 Å². The third-order valence-corrected chi connectivity index (χ3v) is 4.00. The van der Waals surface area contributed by atoms with Crippen LogP contribution in [0.15, 0.2) is 0 Å². The van der Waals surface area contributed by atoms with Gasteiger partial charge in [-0.3, -0.25) is 14.5 Å². The molecule has 0 radical (unpaired) electrons. The van der Waals surface area contributed by atoms with Crippen molar-refractivity contribution in [3.05, 3.63) is 0 Å². The van der Waals surface area contributed by atoms with Gasteiger partial charge in [0.1, 0.15) is 0 Å². The molecular weight excluding hydrogens is 212 g/mol. The predicted molar refractivity (Wildman–Crippen MR) is 59.4 cm³/mol. The molecule has 2 rings (SSSR count). The molecule has 1 heterocycles. The van der Waals surface area contributed by atoms with Gasteiger partial charge in [0.2, 0.25) is 11.8 Å². The Balaban J connectivity index is 2.12. The topological polar surface area (TPSA) is 63.4 Å². The van der Waals surface area contributed by atoms with Gasteiger partial charge in [-0.1, -0.05) is 12.8 Å². The second-order valence-corrected chi connectivity index (χ2v) is 5.15. The van der Waals surface area contributed by atoms with Crippen molar-refractivity contribution in [3.63, 3.8) is 0 Å². The molecule has 2 aliphatic rings.